The molecule has 2 aromatic heterocycles. The van der Waals surface area contributed by atoms with E-state index >= 15 is 0 Å². The molecule has 0 spiro atoms. The van der Waals surface area contributed by atoms with Gasteiger partial charge < -0.3 is 9.88 Å². The predicted octanol–water partition coefficient (Wildman–Crippen LogP) is 2.09. The van der Waals surface area contributed by atoms with E-state index in [1.54, 1.807) is 12.4 Å². The zero-order valence-electron chi connectivity index (χ0n) is 10.3. The van der Waals surface area contributed by atoms with E-state index in [1.165, 1.54) is 0 Å². The normalized spacial score (nSPS) is 10.8. The van der Waals surface area contributed by atoms with Gasteiger partial charge in [0.25, 0.3) is 0 Å². The fourth-order valence-corrected chi connectivity index (χ4v) is 1.89. The third-order valence-electron chi connectivity index (χ3n) is 2.72. The van der Waals surface area contributed by atoms with E-state index in [0.717, 1.165) is 28.4 Å². The van der Waals surface area contributed by atoms with Gasteiger partial charge in [-0.25, -0.2) is 15.0 Å². The molecule has 0 radical (unpaired) electrons. The van der Waals surface area contributed by atoms with Gasteiger partial charge in [-0.3, -0.25) is 0 Å². The molecule has 0 unspecified atom stereocenters. The zero-order valence-corrected chi connectivity index (χ0v) is 10.3. The van der Waals surface area contributed by atoms with Crippen LogP contribution in [0.25, 0.3) is 22.6 Å². The zero-order chi connectivity index (χ0) is 12.5. The van der Waals surface area contributed by atoms with Crippen LogP contribution >= 0.6 is 0 Å². The van der Waals surface area contributed by atoms with Crippen molar-refractivity contribution in [2.45, 2.75) is 0 Å². The molecular formula is C13H13N5. The number of benzene rings is 1. The van der Waals surface area contributed by atoms with Gasteiger partial charge in [-0.05, 0) is 12.1 Å². The third-order valence-corrected chi connectivity index (χ3v) is 2.72. The van der Waals surface area contributed by atoms with Crippen LogP contribution in [-0.4, -0.2) is 34.0 Å². The van der Waals surface area contributed by atoms with E-state index < -0.39 is 0 Å². The van der Waals surface area contributed by atoms with Gasteiger partial charge in [0.05, 0.1) is 11.0 Å². The number of imidazole rings is 1. The van der Waals surface area contributed by atoms with Gasteiger partial charge in [-0.15, -0.1) is 0 Å². The molecule has 5 nitrogen and oxygen atoms in total. The molecule has 1 N–H and O–H groups in total. The van der Waals surface area contributed by atoms with Crippen molar-refractivity contribution in [2.24, 2.45) is 0 Å². The number of para-hydroxylation sites is 2. The van der Waals surface area contributed by atoms with Crippen LogP contribution in [0.4, 0.5) is 5.82 Å². The SMILES string of the molecule is CN(C)c1nccnc1-c1nc2ccccc2[nH]1. The molecule has 0 aliphatic rings. The van der Waals surface area contributed by atoms with Crippen LogP contribution in [0.1, 0.15) is 0 Å². The first-order chi connectivity index (χ1) is 8.75. The van der Waals surface area contributed by atoms with Gasteiger partial charge in [-0.2, -0.15) is 0 Å². The van der Waals surface area contributed by atoms with Crippen molar-refractivity contribution < 1.29 is 0 Å². The maximum atomic E-state index is 4.54. The van der Waals surface area contributed by atoms with Crippen LogP contribution in [0, 0.1) is 0 Å². The summed E-state index contributed by atoms with van der Waals surface area (Å²) in [5.74, 6) is 1.55. The van der Waals surface area contributed by atoms with E-state index in [4.69, 9.17) is 0 Å². The number of nitrogens with one attached hydrogen (secondary N) is 1. The van der Waals surface area contributed by atoms with E-state index in [-0.39, 0.29) is 0 Å². The Labute approximate surface area is 105 Å². The summed E-state index contributed by atoms with van der Waals surface area (Å²) in [7, 11) is 3.88. The quantitative estimate of drug-likeness (QED) is 0.744. The molecule has 0 aliphatic carbocycles. The summed E-state index contributed by atoms with van der Waals surface area (Å²) in [6.07, 6.45) is 3.36. The third kappa shape index (κ3) is 1.69. The molecule has 90 valence electrons. The summed E-state index contributed by atoms with van der Waals surface area (Å²) in [5, 5.41) is 0. The molecule has 0 bridgehead atoms. The lowest BCUT2D eigenvalue weighted by Gasteiger charge is -2.13. The molecule has 2 heterocycles. The van der Waals surface area contributed by atoms with Gasteiger partial charge in [0, 0.05) is 26.5 Å². The molecule has 18 heavy (non-hydrogen) atoms. The van der Waals surface area contributed by atoms with Crippen molar-refractivity contribution in [1.82, 2.24) is 19.9 Å². The van der Waals surface area contributed by atoms with Crippen LogP contribution in [0.3, 0.4) is 0 Å². The number of fused-ring (bicyclic) bond motifs is 1. The van der Waals surface area contributed by atoms with Crippen LogP contribution in [0.5, 0.6) is 0 Å². The number of aromatic nitrogens is 4. The Balaban J connectivity index is 2.20. The van der Waals surface area contributed by atoms with Gasteiger partial charge in [0.1, 0.15) is 5.69 Å². The highest BCUT2D eigenvalue weighted by Crippen LogP contribution is 2.24. The fraction of sp³-hybridized carbons (Fsp3) is 0.154. The number of H-pyrrole nitrogens is 1. The monoisotopic (exact) mass is 239 g/mol. The number of rotatable bonds is 2. The molecule has 0 saturated carbocycles. The van der Waals surface area contributed by atoms with E-state index in [1.807, 2.05) is 43.3 Å². The molecule has 1 aromatic carbocycles. The minimum atomic E-state index is 0.744. The lowest BCUT2D eigenvalue weighted by atomic mass is 10.3. The minimum absolute atomic E-state index is 0.744. The summed E-state index contributed by atoms with van der Waals surface area (Å²) >= 11 is 0. The smallest absolute Gasteiger partial charge is 0.161 e. The topological polar surface area (TPSA) is 57.7 Å². The van der Waals surface area contributed by atoms with Crippen molar-refractivity contribution >= 4 is 16.9 Å². The van der Waals surface area contributed by atoms with Crippen molar-refractivity contribution in [3.8, 4) is 11.5 Å². The molecule has 0 amide bonds. The van der Waals surface area contributed by atoms with Crippen molar-refractivity contribution in [2.75, 3.05) is 19.0 Å². The Morgan fingerprint density at radius 3 is 2.61 bits per heavy atom. The second kappa shape index (κ2) is 4.10. The number of hydrogen-bond donors (Lipinski definition) is 1. The van der Waals surface area contributed by atoms with E-state index in [2.05, 4.69) is 19.9 Å². The molecular weight excluding hydrogens is 226 g/mol. The summed E-state index contributed by atoms with van der Waals surface area (Å²) in [4.78, 5) is 18.4. The molecule has 3 aromatic rings. The average molecular weight is 239 g/mol. The molecule has 5 heteroatoms. The second-order valence-corrected chi connectivity index (χ2v) is 4.23. The summed E-state index contributed by atoms with van der Waals surface area (Å²) < 4.78 is 0. The minimum Gasteiger partial charge on any atom is -0.361 e. The van der Waals surface area contributed by atoms with Gasteiger partial charge in [-0.1, -0.05) is 12.1 Å². The van der Waals surface area contributed by atoms with Crippen molar-refractivity contribution in [3.63, 3.8) is 0 Å². The van der Waals surface area contributed by atoms with Gasteiger partial charge >= 0.3 is 0 Å². The van der Waals surface area contributed by atoms with Crippen LogP contribution in [0.2, 0.25) is 0 Å². The van der Waals surface area contributed by atoms with Gasteiger partial charge in [0.2, 0.25) is 0 Å². The Hall–Kier alpha value is -2.43. The number of hydrogen-bond acceptors (Lipinski definition) is 4. The summed E-state index contributed by atoms with van der Waals surface area (Å²) in [6, 6.07) is 7.92. The number of aromatic amines is 1. The van der Waals surface area contributed by atoms with Gasteiger partial charge in [0.15, 0.2) is 11.6 Å². The number of nitrogens with zero attached hydrogens (tertiary/aromatic N) is 4. The highest BCUT2D eigenvalue weighted by atomic mass is 15.2. The molecule has 0 atom stereocenters. The highest BCUT2D eigenvalue weighted by Gasteiger charge is 2.13. The Morgan fingerprint density at radius 2 is 1.83 bits per heavy atom. The van der Waals surface area contributed by atoms with E-state index in [9.17, 15) is 0 Å². The summed E-state index contributed by atoms with van der Waals surface area (Å²) in [6.45, 7) is 0. The fourth-order valence-electron chi connectivity index (χ4n) is 1.89. The Kier molecular flexibility index (Phi) is 2.44. The van der Waals surface area contributed by atoms with Crippen LogP contribution in [0.15, 0.2) is 36.7 Å². The number of anilines is 1. The highest BCUT2D eigenvalue weighted by molar-refractivity contribution is 5.80. The predicted molar refractivity (Wildman–Crippen MR) is 71.4 cm³/mol. The molecule has 0 fully saturated rings. The average Bonchev–Trinajstić information content (AvgIpc) is 2.82. The first-order valence-corrected chi connectivity index (χ1v) is 5.69. The largest absolute Gasteiger partial charge is 0.361 e. The maximum Gasteiger partial charge on any atom is 0.161 e. The molecule has 0 aliphatic heterocycles. The molecule has 0 saturated heterocycles. The van der Waals surface area contributed by atoms with Crippen LogP contribution in [-0.2, 0) is 0 Å². The Bertz CT molecular complexity index is 653. The lowest BCUT2D eigenvalue weighted by molar-refractivity contribution is 1.04. The van der Waals surface area contributed by atoms with Crippen molar-refractivity contribution in [3.05, 3.63) is 36.7 Å². The summed E-state index contributed by atoms with van der Waals surface area (Å²) in [5.41, 5.74) is 2.70. The lowest BCUT2D eigenvalue weighted by Crippen LogP contribution is -2.12. The van der Waals surface area contributed by atoms with Crippen molar-refractivity contribution in [1.29, 1.82) is 0 Å². The van der Waals surface area contributed by atoms with E-state index in [0.29, 0.717) is 0 Å². The first-order valence-electron chi connectivity index (χ1n) is 5.69. The maximum absolute atomic E-state index is 4.54. The second-order valence-electron chi connectivity index (χ2n) is 4.23. The standard InChI is InChI=1S/C13H13N5/c1-18(2)13-11(14-7-8-15-13)12-16-9-5-3-4-6-10(9)17-12/h3-8H,1-2H3,(H,16,17). The van der Waals surface area contributed by atoms with Crippen LogP contribution < -0.4 is 4.90 Å². The Morgan fingerprint density at radius 1 is 1.06 bits per heavy atom. The molecule has 3 rings (SSSR count). The first kappa shape index (κ1) is 10.7.